The number of aliphatic hydroxyl groups is 1. The van der Waals surface area contributed by atoms with E-state index in [1.54, 1.807) is 4.68 Å². The SMILES string of the molecule is Cc1nn(C)cc1CNCC(O)COC(C)C. The van der Waals surface area contributed by atoms with Crippen LogP contribution in [0.4, 0.5) is 0 Å². The van der Waals surface area contributed by atoms with Crippen molar-refractivity contribution < 1.29 is 9.84 Å². The maximum absolute atomic E-state index is 9.64. The lowest BCUT2D eigenvalue weighted by atomic mass is 10.2. The highest BCUT2D eigenvalue weighted by Gasteiger charge is 2.07. The molecule has 0 saturated heterocycles. The first-order valence-electron chi connectivity index (χ1n) is 5.98. The smallest absolute Gasteiger partial charge is 0.0897 e. The van der Waals surface area contributed by atoms with Crippen LogP contribution in [0.2, 0.25) is 0 Å². The Labute approximate surface area is 103 Å². The number of aliphatic hydroxyl groups excluding tert-OH is 1. The van der Waals surface area contributed by atoms with Crippen molar-refractivity contribution in [1.82, 2.24) is 15.1 Å². The molecule has 0 aromatic carbocycles. The van der Waals surface area contributed by atoms with Crippen molar-refractivity contribution in [1.29, 1.82) is 0 Å². The second-order valence-electron chi connectivity index (χ2n) is 4.58. The van der Waals surface area contributed by atoms with Crippen molar-refractivity contribution in [3.8, 4) is 0 Å². The predicted molar refractivity (Wildman–Crippen MR) is 66.7 cm³/mol. The Kier molecular flexibility index (Phi) is 5.61. The summed E-state index contributed by atoms with van der Waals surface area (Å²) >= 11 is 0. The maximum Gasteiger partial charge on any atom is 0.0897 e. The molecule has 0 aliphatic heterocycles. The summed E-state index contributed by atoms with van der Waals surface area (Å²) in [5.74, 6) is 0. The van der Waals surface area contributed by atoms with Crippen molar-refractivity contribution in [2.75, 3.05) is 13.2 Å². The zero-order valence-electron chi connectivity index (χ0n) is 11.1. The first-order chi connectivity index (χ1) is 7.99. The van der Waals surface area contributed by atoms with E-state index < -0.39 is 6.10 Å². The quantitative estimate of drug-likeness (QED) is 0.734. The van der Waals surface area contributed by atoms with E-state index in [4.69, 9.17) is 4.74 Å². The fraction of sp³-hybridized carbons (Fsp3) is 0.750. The summed E-state index contributed by atoms with van der Waals surface area (Å²) in [7, 11) is 1.90. The minimum atomic E-state index is -0.464. The van der Waals surface area contributed by atoms with E-state index >= 15 is 0 Å². The molecule has 98 valence electrons. The van der Waals surface area contributed by atoms with Crippen molar-refractivity contribution in [3.05, 3.63) is 17.5 Å². The van der Waals surface area contributed by atoms with Gasteiger partial charge in [-0.1, -0.05) is 0 Å². The molecule has 0 bridgehead atoms. The van der Waals surface area contributed by atoms with Gasteiger partial charge in [0.25, 0.3) is 0 Å². The van der Waals surface area contributed by atoms with Crippen molar-refractivity contribution >= 4 is 0 Å². The molecule has 1 aromatic heterocycles. The standard InChI is InChI=1S/C12H23N3O2/c1-9(2)17-8-12(16)6-13-5-11-7-15(4)14-10(11)3/h7,9,12-13,16H,5-6,8H2,1-4H3. The number of hydrogen-bond acceptors (Lipinski definition) is 4. The van der Waals surface area contributed by atoms with Gasteiger partial charge in [-0.25, -0.2) is 0 Å². The van der Waals surface area contributed by atoms with Crippen LogP contribution in [0.1, 0.15) is 25.1 Å². The summed E-state index contributed by atoms with van der Waals surface area (Å²) in [5, 5.41) is 17.1. The third-order valence-corrected chi connectivity index (χ3v) is 2.43. The van der Waals surface area contributed by atoms with Gasteiger partial charge >= 0.3 is 0 Å². The summed E-state index contributed by atoms with van der Waals surface area (Å²) in [6, 6.07) is 0. The molecule has 5 nitrogen and oxygen atoms in total. The van der Waals surface area contributed by atoms with Crippen LogP contribution in [-0.2, 0) is 18.3 Å². The third kappa shape index (κ3) is 5.30. The maximum atomic E-state index is 9.64. The van der Waals surface area contributed by atoms with E-state index in [1.165, 1.54) is 0 Å². The second kappa shape index (κ2) is 6.74. The Morgan fingerprint density at radius 3 is 2.76 bits per heavy atom. The van der Waals surface area contributed by atoms with Crippen LogP contribution in [0.15, 0.2) is 6.20 Å². The van der Waals surface area contributed by atoms with Gasteiger partial charge in [-0.3, -0.25) is 4.68 Å². The Morgan fingerprint density at radius 1 is 1.53 bits per heavy atom. The average molecular weight is 241 g/mol. The molecule has 0 amide bonds. The molecular weight excluding hydrogens is 218 g/mol. The van der Waals surface area contributed by atoms with Gasteiger partial charge in [-0.15, -0.1) is 0 Å². The zero-order valence-corrected chi connectivity index (χ0v) is 11.1. The fourth-order valence-corrected chi connectivity index (χ4v) is 1.56. The van der Waals surface area contributed by atoms with E-state index in [0.29, 0.717) is 13.2 Å². The average Bonchev–Trinajstić information content (AvgIpc) is 2.55. The Bertz CT molecular complexity index is 336. The first-order valence-corrected chi connectivity index (χ1v) is 5.98. The molecule has 0 aliphatic rings. The van der Waals surface area contributed by atoms with E-state index in [-0.39, 0.29) is 6.10 Å². The number of hydrogen-bond donors (Lipinski definition) is 2. The Balaban J connectivity index is 2.21. The number of nitrogens with zero attached hydrogens (tertiary/aromatic N) is 2. The predicted octanol–water partition coefficient (Wildman–Crippen LogP) is 0.604. The van der Waals surface area contributed by atoms with Gasteiger partial charge in [-0.2, -0.15) is 5.10 Å². The molecule has 0 aliphatic carbocycles. The van der Waals surface area contributed by atoms with Gasteiger partial charge in [0, 0.05) is 31.9 Å². The molecule has 1 heterocycles. The zero-order chi connectivity index (χ0) is 12.8. The number of aryl methyl sites for hydroxylation is 2. The summed E-state index contributed by atoms with van der Waals surface area (Å²) < 4.78 is 7.12. The minimum Gasteiger partial charge on any atom is -0.389 e. The first kappa shape index (κ1) is 14.2. The molecule has 1 aromatic rings. The molecule has 1 atom stereocenters. The van der Waals surface area contributed by atoms with Gasteiger partial charge < -0.3 is 15.2 Å². The largest absolute Gasteiger partial charge is 0.389 e. The summed E-state index contributed by atoms with van der Waals surface area (Å²) in [6.45, 7) is 7.52. The molecule has 0 radical (unpaired) electrons. The van der Waals surface area contributed by atoms with Crippen LogP contribution in [0.5, 0.6) is 0 Å². The van der Waals surface area contributed by atoms with Crippen molar-refractivity contribution in [3.63, 3.8) is 0 Å². The monoisotopic (exact) mass is 241 g/mol. The van der Waals surface area contributed by atoms with Crippen LogP contribution in [0, 0.1) is 6.92 Å². The second-order valence-corrected chi connectivity index (χ2v) is 4.58. The van der Waals surface area contributed by atoms with Gasteiger partial charge in [0.05, 0.1) is 24.5 Å². The van der Waals surface area contributed by atoms with Crippen LogP contribution in [-0.4, -0.2) is 40.2 Å². The molecule has 0 spiro atoms. The number of nitrogens with one attached hydrogen (secondary N) is 1. The molecule has 1 unspecified atom stereocenters. The number of ether oxygens (including phenoxy) is 1. The highest BCUT2D eigenvalue weighted by atomic mass is 16.5. The molecule has 0 fully saturated rings. The molecule has 5 heteroatoms. The lowest BCUT2D eigenvalue weighted by molar-refractivity contribution is 0.00630. The highest BCUT2D eigenvalue weighted by Crippen LogP contribution is 2.03. The van der Waals surface area contributed by atoms with Crippen molar-refractivity contribution in [2.45, 2.75) is 39.5 Å². The fourth-order valence-electron chi connectivity index (χ4n) is 1.56. The summed E-state index contributed by atoms with van der Waals surface area (Å²) in [4.78, 5) is 0. The highest BCUT2D eigenvalue weighted by molar-refractivity contribution is 5.14. The van der Waals surface area contributed by atoms with Crippen molar-refractivity contribution in [2.24, 2.45) is 7.05 Å². The van der Waals surface area contributed by atoms with Crippen LogP contribution >= 0.6 is 0 Å². The topological polar surface area (TPSA) is 59.3 Å². The van der Waals surface area contributed by atoms with E-state index in [9.17, 15) is 5.11 Å². The number of aromatic nitrogens is 2. The van der Waals surface area contributed by atoms with Gasteiger partial charge in [-0.05, 0) is 20.8 Å². The molecular formula is C12H23N3O2. The van der Waals surface area contributed by atoms with Crippen LogP contribution < -0.4 is 5.32 Å². The molecule has 17 heavy (non-hydrogen) atoms. The molecule has 2 N–H and O–H groups in total. The van der Waals surface area contributed by atoms with E-state index in [2.05, 4.69) is 10.4 Å². The third-order valence-electron chi connectivity index (χ3n) is 2.43. The molecule has 1 rings (SSSR count). The lowest BCUT2D eigenvalue weighted by Crippen LogP contribution is -2.31. The molecule has 0 saturated carbocycles. The van der Waals surface area contributed by atoms with Gasteiger partial charge in [0.1, 0.15) is 0 Å². The Morgan fingerprint density at radius 2 is 2.24 bits per heavy atom. The Hall–Kier alpha value is -0.910. The summed E-state index contributed by atoms with van der Waals surface area (Å²) in [6.07, 6.45) is 1.68. The lowest BCUT2D eigenvalue weighted by Gasteiger charge is -2.14. The van der Waals surface area contributed by atoms with Crippen LogP contribution in [0.3, 0.4) is 0 Å². The van der Waals surface area contributed by atoms with E-state index in [0.717, 1.165) is 17.8 Å². The van der Waals surface area contributed by atoms with Gasteiger partial charge in [0.15, 0.2) is 0 Å². The minimum absolute atomic E-state index is 0.158. The number of rotatable bonds is 7. The van der Waals surface area contributed by atoms with Gasteiger partial charge in [0.2, 0.25) is 0 Å². The van der Waals surface area contributed by atoms with Crippen LogP contribution in [0.25, 0.3) is 0 Å². The normalized spacial score (nSPS) is 13.3. The van der Waals surface area contributed by atoms with E-state index in [1.807, 2.05) is 34.0 Å². The summed E-state index contributed by atoms with van der Waals surface area (Å²) in [5.41, 5.74) is 2.18.